The van der Waals surface area contributed by atoms with Crippen LogP contribution in [0.25, 0.3) is 0 Å². The maximum absolute atomic E-state index is 12.2. The summed E-state index contributed by atoms with van der Waals surface area (Å²) < 4.78 is 34.6. The Morgan fingerprint density at radius 2 is 2.25 bits per heavy atom. The zero-order valence-electron chi connectivity index (χ0n) is 8.70. The van der Waals surface area contributed by atoms with Crippen LogP contribution in [-0.4, -0.2) is 62.1 Å². The molecular weight excluding hydrogens is 244 g/mol. The molecule has 0 aromatic rings. The summed E-state index contributed by atoms with van der Waals surface area (Å²) in [4.78, 5) is 12.8. The third-order valence-corrected chi connectivity index (χ3v) is 2.28. The zero-order valence-corrected chi connectivity index (χ0v) is 9.46. The molecule has 1 heterocycles. The molecule has 0 aromatic heterocycles. The molecule has 1 atom stereocenters. The van der Waals surface area contributed by atoms with Crippen molar-refractivity contribution in [3.63, 3.8) is 0 Å². The summed E-state index contributed by atoms with van der Waals surface area (Å²) in [5.74, 6) is -0.368. The molecule has 16 heavy (non-hydrogen) atoms. The summed E-state index contributed by atoms with van der Waals surface area (Å²) in [5, 5.41) is 0. The maximum Gasteiger partial charge on any atom is 0.255 e. The van der Waals surface area contributed by atoms with Crippen molar-refractivity contribution >= 4 is 17.5 Å². The van der Waals surface area contributed by atoms with E-state index < -0.39 is 25.0 Å². The van der Waals surface area contributed by atoms with Crippen molar-refractivity contribution in [2.45, 2.75) is 12.5 Å². The molecule has 1 amide bonds. The van der Waals surface area contributed by atoms with Crippen LogP contribution in [0.4, 0.5) is 8.78 Å². The predicted octanol–water partition coefficient (Wildman–Crippen LogP) is 0.734. The van der Waals surface area contributed by atoms with E-state index in [1.807, 2.05) is 0 Å². The first-order valence-electron chi connectivity index (χ1n) is 4.97. The maximum atomic E-state index is 12.2. The molecule has 7 heteroatoms. The average Bonchev–Trinajstić information content (AvgIpc) is 2.28. The number of halogens is 3. The van der Waals surface area contributed by atoms with E-state index in [0.717, 1.165) is 4.90 Å². The van der Waals surface area contributed by atoms with Gasteiger partial charge in [-0.05, 0) is 0 Å². The Balaban J connectivity index is 2.50. The highest BCUT2D eigenvalue weighted by molar-refractivity contribution is 6.18. The second-order valence-electron chi connectivity index (χ2n) is 3.30. The Labute approximate surface area is 97.4 Å². The number of hydrogen-bond donors (Lipinski definition) is 0. The molecule has 1 rings (SSSR count). The molecule has 1 saturated heterocycles. The van der Waals surface area contributed by atoms with E-state index in [2.05, 4.69) is 0 Å². The summed E-state index contributed by atoms with van der Waals surface area (Å²) in [7, 11) is 0. The lowest BCUT2D eigenvalue weighted by atomic mass is 10.3. The summed E-state index contributed by atoms with van der Waals surface area (Å²) in [5.41, 5.74) is 0. The van der Waals surface area contributed by atoms with Crippen molar-refractivity contribution in [2.75, 3.05) is 38.8 Å². The molecule has 1 unspecified atom stereocenters. The molecule has 0 bridgehead atoms. The highest BCUT2D eigenvalue weighted by Gasteiger charge is 2.28. The van der Waals surface area contributed by atoms with E-state index >= 15 is 0 Å². The second kappa shape index (κ2) is 6.98. The smallest absolute Gasteiger partial charge is 0.255 e. The van der Waals surface area contributed by atoms with E-state index in [-0.39, 0.29) is 19.0 Å². The van der Waals surface area contributed by atoms with Gasteiger partial charge in [-0.3, -0.25) is 4.79 Å². The van der Waals surface area contributed by atoms with Crippen molar-refractivity contribution in [1.29, 1.82) is 0 Å². The summed E-state index contributed by atoms with van der Waals surface area (Å²) in [6, 6.07) is 0. The number of hydrogen-bond acceptors (Lipinski definition) is 3. The number of amides is 1. The minimum Gasteiger partial charge on any atom is -0.376 e. The highest BCUT2D eigenvalue weighted by Crippen LogP contribution is 2.08. The number of carbonyl (C=O) groups is 1. The van der Waals surface area contributed by atoms with Crippen LogP contribution in [-0.2, 0) is 14.3 Å². The van der Waals surface area contributed by atoms with E-state index in [1.54, 1.807) is 0 Å². The fourth-order valence-electron chi connectivity index (χ4n) is 1.39. The third-order valence-electron chi connectivity index (χ3n) is 2.12. The van der Waals surface area contributed by atoms with Crippen LogP contribution < -0.4 is 0 Å². The van der Waals surface area contributed by atoms with Crippen LogP contribution in [0.2, 0.25) is 0 Å². The predicted molar refractivity (Wildman–Crippen MR) is 53.9 cm³/mol. The molecule has 4 nitrogen and oxygen atoms in total. The number of alkyl halides is 3. The minimum atomic E-state index is -2.57. The molecule has 0 spiro atoms. The van der Waals surface area contributed by atoms with E-state index in [0.29, 0.717) is 13.2 Å². The highest BCUT2D eigenvalue weighted by atomic mass is 35.5. The largest absolute Gasteiger partial charge is 0.376 e. The molecule has 1 fully saturated rings. The summed E-state index contributed by atoms with van der Waals surface area (Å²) >= 11 is 5.45. The van der Waals surface area contributed by atoms with Gasteiger partial charge in [0.2, 0.25) is 0 Å². The van der Waals surface area contributed by atoms with E-state index in [4.69, 9.17) is 21.1 Å². The van der Waals surface area contributed by atoms with E-state index in [1.165, 1.54) is 0 Å². The van der Waals surface area contributed by atoms with Crippen LogP contribution in [0, 0.1) is 0 Å². The zero-order chi connectivity index (χ0) is 12.0. The normalized spacial score (nSPS) is 21.1. The fourth-order valence-corrected chi connectivity index (χ4v) is 1.60. The number of nitrogens with zero attached hydrogens (tertiary/aromatic N) is 1. The lowest BCUT2D eigenvalue weighted by Gasteiger charge is -2.28. The Morgan fingerprint density at radius 3 is 2.75 bits per heavy atom. The topological polar surface area (TPSA) is 38.8 Å². The van der Waals surface area contributed by atoms with Gasteiger partial charge in [-0.15, -0.1) is 11.6 Å². The molecule has 0 N–H and O–H groups in total. The molecule has 94 valence electrons. The SMILES string of the molecule is O=C(C1COCCO1)N(CCCl)CC(F)F. The van der Waals surface area contributed by atoms with Crippen molar-refractivity contribution in [2.24, 2.45) is 0 Å². The van der Waals surface area contributed by atoms with Crippen LogP contribution in [0.5, 0.6) is 0 Å². The number of carbonyl (C=O) groups excluding carboxylic acids is 1. The van der Waals surface area contributed by atoms with E-state index in [9.17, 15) is 13.6 Å². The molecule has 0 radical (unpaired) electrons. The molecular formula is C9H14ClF2NO3. The Kier molecular flexibility index (Phi) is 5.94. The van der Waals surface area contributed by atoms with Crippen LogP contribution >= 0.6 is 11.6 Å². The third kappa shape index (κ3) is 4.19. The lowest BCUT2D eigenvalue weighted by molar-refractivity contribution is -0.159. The molecule has 0 saturated carbocycles. The van der Waals surface area contributed by atoms with Gasteiger partial charge in [0.15, 0.2) is 6.10 Å². The molecule has 0 aromatic carbocycles. The standard InChI is InChI=1S/C9H14ClF2NO3/c10-1-2-13(5-8(11)12)9(14)7-6-15-3-4-16-7/h7-8H,1-6H2. The average molecular weight is 258 g/mol. The summed E-state index contributed by atoms with van der Waals surface area (Å²) in [6.07, 6.45) is -3.35. The quantitative estimate of drug-likeness (QED) is 0.682. The fraction of sp³-hybridized carbons (Fsp3) is 0.889. The van der Waals surface area contributed by atoms with Gasteiger partial charge in [-0.2, -0.15) is 0 Å². The van der Waals surface area contributed by atoms with Gasteiger partial charge in [0.25, 0.3) is 12.3 Å². The lowest BCUT2D eigenvalue weighted by Crippen LogP contribution is -2.47. The second-order valence-corrected chi connectivity index (χ2v) is 3.68. The van der Waals surface area contributed by atoms with Gasteiger partial charge in [0.05, 0.1) is 26.4 Å². The van der Waals surface area contributed by atoms with Crippen molar-refractivity contribution < 1.29 is 23.0 Å². The van der Waals surface area contributed by atoms with Crippen molar-refractivity contribution in [3.05, 3.63) is 0 Å². The van der Waals surface area contributed by atoms with Gasteiger partial charge in [-0.1, -0.05) is 0 Å². The van der Waals surface area contributed by atoms with Crippen LogP contribution in [0.3, 0.4) is 0 Å². The first-order chi connectivity index (χ1) is 7.65. The van der Waals surface area contributed by atoms with Crippen molar-refractivity contribution in [3.8, 4) is 0 Å². The van der Waals surface area contributed by atoms with Gasteiger partial charge in [0.1, 0.15) is 0 Å². The van der Waals surface area contributed by atoms with Crippen molar-refractivity contribution in [1.82, 2.24) is 4.90 Å². The first kappa shape index (κ1) is 13.6. The molecule has 1 aliphatic heterocycles. The number of ether oxygens (including phenoxy) is 2. The number of rotatable bonds is 5. The Bertz CT molecular complexity index is 225. The molecule has 1 aliphatic rings. The van der Waals surface area contributed by atoms with Gasteiger partial charge >= 0.3 is 0 Å². The Hall–Kier alpha value is -0.460. The summed E-state index contributed by atoms with van der Waals surface area (Å²) in [6.45, 7) is 0.310. The first-order valence-corrected chi connectivity index (χ1v) is 5.51. The monoisotopic (exact) mass is 257 g/mol. The molecule has 0 aliphatic carbocycles. The van der Waals surface area contributed by atoms with Crippen LogP contribution in [0.15, 0.2) is 0 Å². The van der Waals surface area contributed by atoms with Gasteiger partial charge in [-0.25, -0.2) is 8.78 Å². The van der Waals surface area contributed by atoms with Gasteiger partial charge < -0.3 is 14.4 Å². The Morgan fingerprint density at radius 1 is 1.50 bits per heavy atom. The van der Waals surface area contributed by atoms with Crippen LogP contribution in [0.1, 0.15) is 0 Å². The minimum absolute atomic E-state index is 0.0879. The van der Waals surface area contributed by atoms with Gasteiger partial charge in [0, 0.05) is 12.4 Å².